The number of para-hydroxylation sites is 2. The number of hydrogen-bond acceptors (Lipinski definition) is 3. The van der Waals surface area contributed by atoms with Crippen molar-refractivity contribution in [3.8, 4) is 17.1 Å². The molecule has 0 unspecified atom stereocenters. The lowest BCUT2D eigenvalue weighted by atomic mass is 10.0. The third-order valence-corrected chi connectivity index (χ3v) is 5.98. The van der Waals surface area contributed by atoms with Gasteiger partial charge in [-0.2, -0.15) is 0 Å². The van der Waals surface area contributed by atoms with E-state index in [0.29, 0.717) is 17.0 Å². The highest BCUT2D eigenvalue weighted by molar-refractivity contribution is 9.10. The second-order valence-electron chi connectivity index (χ2n) is 7.13. The fourth-order valence-electron chi connectivity index (χ4n) is 3.65. The molecule has 0 radical (unpaired) electrons. The van der Waals surface area contributed by atoms with Gasteiger partial charge < -0.3 is 15.0 Å². The number of aromatic amines is 1. The molecule has 0 saturated heterocycles. The minimum atomic E-state index is -0.236. The summed E-state index contributed by atoms with van der Waals surface area (Å²) in [6.45, 7) is 0. The molecule has 0 aliphatic carbocycles. The number of rotatable bonds is 4. The molecule has 152 valence electrons. The van der Waals surface area contributed by atoms with Crippen LogP contribution < -0.4 is 10.1 Å². The Kier molecular flexibility index (Phi) is 4.92. The van der Waals surface area contributed by atoms with E-state index in [2.05, 4.69) is 31.2 Å². The molecule has 0 atom stereocenters. The Morgan fingerprint density at radius 2 is 1.74 bits per heavy atom. The molecule has 5 aromatic rings. The van der Waals surface area contributed by atoms with Crippen LogP contribution in [0.3, 0.4) is 0 Å². The van der Waals surface area contributed by atoms with Gasteiger partial charge in [-0.3, -0.25) is 4.79 Å². The van der Waals surface area contributed by atoms with Crippen LogP contribution in [0.25, 0.3) is 33.2 Å². The first kappa shape index (κ1) is 19.3. The van der Waals surface area contributed by atoms with E-state index in [4.69, 9.17) is 4.74 Å². The molecule has 1 amide bonds. The van der Waals surface area contributed by atoms with Crippen LogP contribution in [0, 0.1) is 0 Å². The number of H-pyrrole nitrogens is 1. The molecular weight excluding hydrogens is 454 g/mol. The van der Waals surface area contributed by atoms with E-state index in [9.17, 15) is 4.79 Å². The zero-order valence-corrected chi connectivity index (χ0v) is 18.2. The number of carbonyl (C=O) groups is 1. The highest BCUT2D eigenvalue weighted by Crippen LogP contribution is 2.37. The number of halogens is 1. The van der Waals surface area contributed by atoms with Gasteiger partial charge in [0.2, 0.25) is 0 Å². The second-order valence-corrected chi connectivity index (χ2v) is 7.92. The molecule has 0 aliphatic heterocycles. The highest BCUT2D eigenvalue weighted by atomic mass is 79.9. The molecule has 0 spiro atoms. The quantitative estimate of drug-likeness (QED) is 0.318. The fraction of sp³-hybridized carbons (Fsp3) is 0.0400. The third-order valence-electron chi connectivity index (χ3n) is 5.20. The zero-order valence-electron chi connectivity index (χ0n) is 16.6. The molecule has 0 aliphatic rings. The molecule has 31 heavy (non-hydrogen) atoms. The van der Waals surface area contributed by atoms with Crippen LogP contribution in [-0.2, 0) is 0 Å². The fourth-order valence-corrected chi connectivity index (χ4v) is 4.39. The summed E-state index contributed by atoms with van der Waals surface area (Å²) in [5, 5.41) is 4.91. The number of anilines is 1. The predicted molar refractivity (Wildman–Crippen MR) is 128 cm³/mol. The van der Waals surface area contributed by atoms with E-state index in [1.54, 1.807) is 7.11 Å². The van der Waals surface area contributed by atoms with Gasteiger partial charge in [-0.05, 0) is 69.2 Å². The Bertz CT molecular complexity index is 1390. The predicted octanol–water partition coefficient (Wildman–Crippen LogP) is 6.41. The first-order valence-electron chi connectivity index (χ1n) is 9.76. The van der Waals surface area contributed by atoms with Crippen LogP contribution in [-0.4, -0.2) is 23.0 Å². The van der Waals surface area contributed by atoms with Crippen molar-refractivity contribution in [2.24, 2.45) is 0 Å². The zero-order chi connectivity index (χ0) is 21.4. The topological polar surface area (TPSA) is 67.0 Å². The van der Waals surface area contributed by atoms with Gasteiger partial charge in [0.05, 0.1) is 28.2 Å². The molecule has 5 nitrogen and oxygen atoms in total. The average molecular weight is 472 g/mol. The molecule has 1 aromatic heterocycles. The second kappa shape index (κ2) is 7.89. The molecule has 5 rings (SSSR count). The summed E-state index contributed by atoms with van der Waals surface area (Å²) >= 11 is 3.58. The van der Waals surface area contributed by atoms with E-state index in [0.717, 1.165) is 37.7 Å². The molecule has 1 heterocycles. The standard InChI is InChI=1S/C25H18BrN3O2/c1-31-23-19(14-16-6-2-3-7-18(16)22(23)26)25(30)27-17-12-10-15(11-13-17)24-28-20-8-4-5-9-21(20)29-24/h2-14H,1H3,(H,27,30)(H,28,29). The summed E-state index contributed by atoms with van der Waals surface area (Å²) in [5.41, 5.74) is 4.01. The van der Waals surface area contributed by atoms with Gasteiger partial charge in [0.25, 0.3) is 5.91 Å². The normalized spacial score (nSPS) is 11.0. The number of ether oxygens (including phenoxy) is 1. The van der Waals surface area contributed by atoms with Crippen LogP contribution in [0.1, 0.15) is 10.4 Å². The van der Waals surface area contributed by atoms with Crippen molar-refractivity contribution in [1.82, 2.24) is 9.97 Å². The summed E-state index contributed by atoms with van der Waals surface area (Å²) in [5.74, 6) is 1.06. The number of nitrogens with one attached hydrogen (secondary N) is 2. The van der Waals surface area contributed by atoms with Crippen molar-refractivity contribution in [3.63, 3.8) is 0 Å². The largest absolute Gasteiger partial charge is 0.495 e. The number of benzene rings is 4. The van der Waals surface area contributed by atoms with E-state index in [1.807, 2.05) is 78.9 Å². The van der Waals surface area contributed by atoms with Crippen molar-refractivity contribution in [2.45, 2.75) is 0 Å². The van der Waals surface area contributed by atoms with E-state index < -0.39 is 0 Å². The van der Waals surface area contributed by atoms with Crippen LogP contribution in [0.4, 0.5) is 5.69 Å². The number of methoxy groups -OCH3 is 1. The Hall–Kier alpha value is -3.64. The van der Waals surface area contributed by atoms with Gasteiger partial charge in [0.1, 0.15) is 11.6 Å². The van der Waals surface area contributed by atoms with Crippen LogP contribution in [0.5, 0.6) is 5.75 Å². The number of nitrogens with zero attached hydrogens (tertiary/aromatic N) is 1. The van der Waals surface area contributed by atoms with Gasteiger partial charge in [0.15, 0.2) is 0 Å². The molecule has 6 heteroatoms. The van der Waals surface area contributed by atoms with Crippen molar-refractivity contribution in [1.29, 1.82) is 0 Å². The maximum Gasteiger partial charge on any atom is 0.259 e. The Labute approximate surface area is 187 Å². The van der Waals surface area contributed by atoms with Crippen molar-refractivity contribution in [2.75, 3.05) is 12.4 Å². The van der Waals surface area contributed by atoms with E-state index >= 15 is 0 Å². The van der Waals surface area contributed by atoms with Crippen LogP contribution in [0.2, 0.25) is 0 Å². The van der Waals surface area contributed by atoms with Gasteiger partial charge in [-0.1, -0.05) is 36.4 Å². The minimum Gasteiger partial charge on any atom is -0.495 e. The average Bonchev–Trinajstić information content (AvgIpc) is 3.24. The van der Waals surface area contributed by atoms with E-state index in [-0.39, 0.29) is 5.91 Å². The van der Waals surface area contributed by atoms with Gasteiger partial charge in [0, 0.05) is 11.3 Å². The first-order chi connectivity index (χ1) is 15.1. The number of fused-ring (bicyclic) bond motifs is 2. The number of carbonyl (C=O) groups excluding carboxylic acids is 1. The van der Waals surface area contributed by atoms with Crippen LogP contribution in [0.15, 0.2) is 83.3 Å². The number of amides is 1. The van der Waals surface area contributed by atoms with Gasteiger partial charge in [-0.25, -0.2) is 4.98 Å². The van der Waals surface area contributed by atoms with Crippen molar-refractivity contribution >= 4 is 49.3 Å². The smallest absolute Gasteiger partial charge is 0.259 e. The monoisotopic (exact) mass is 471 g/mol. The Morgan fingerprint density at radius 1 is 1.00 bits per heavy atom. The minimum absolute atomic E-state index is 0.236. The lowest BCUT2D eigenvalue weighted by Gasteiger charge is -2.13. The van der Waals surface area contributed by atoms with E-state index in [1.165, 1.54) is 0 Å². The number of aromatic nitrogens is 2. The molecule has 0 bridgehead atoms. The van der Waals surface area contributed by atoms with Crippen molar-refractivity contribution < 1.29 is 9.53 Å². The maximum atomic E-state index is 13.0. The first-order valence-corrected chi connectivity index (χ1v) is 10.5. The third kappa shape index (κ3) is 3.55. The molecule has 0 fully saturated rings. The molecule has 0 saturated carbocycles. The Morgan fingerprint density at radius 3 is 2.52 bits per heavy atom. The molecule has 2 N–H and O–H groups in total. The van der Waals surface area contributed by atoms with Crippen molar-refractivity contribution in [3.05, 3.63) is 88.9 Å². The Balaban J connectivity index is 1.43. The summed E-state index contributed by atoms with van der Waals surface area (Å²) in [4.78, 5) is 21.0. The summed E-state index contributed by atoms with van der Waals surface area (Å²) < 4.78 is 6.29. The lowest BCUT2D eigenvalue weighted by Crippen LogP contribution is -2.13. The molecule has 4 aromatic carbocycles. The SMILES string of the molecule is COc1c(C(=O)Nc2ccc(-c3nc4ccccc4[nH]3)cc2)cc2ccccc2c1Br. The lowest BCUT2D eigenvalue weighted by molar-refractivity contribution is 0.102. The maximum absolute atomic E-state index is 13.0. The number of imidazole rings is 1. The molecular formula is C25H18BrN3O2. The van der Waals surface area contributed by atoms with Gasteiger partial charge in [-0.15, -0.1) is 0 Å². The summed E-state index contributed by atoms with van der Waals surface area (Å²) in [7, 11) is 1.56. The highest BCUT2D eigenvalue weighted by Gasteiger charge is 2.18. The van der Waals surface area contributed by atoms with Gasteiger partial charge >= 0.3 is 0 Å². The summed E-state index contributed by atoms with van der Waals surface area (Å²) in [6, 6.07) is 25.2. The summed E-state index contributed by atoms with van der Waals surface area (Å²) in [6.07, 6.45) is 0. The van der Waals surface area contributed by atoms with Crippen LogP contribution >= 0.6 is 15.9 Å². The number of hydrogen-bond donors (Lipinski definition) is 2.